The fourth-order valence-electron chi connectivity index (χ4n) is 4.04. The number of carbonyl (C=O) groups excluding carboxylic acids is 2. The molecule has 1 heterocycles. The zero-order chi connectivity index (χ0) is 21.8. The Morgan fingerprint density at radius 3 is 2.50 bits per heavy atom. The SMILES string of the molecule is CCc1c(C)sc(NC(=O)[C@H]2CCCC[C@H]2C(=O)O)c1C(=O)Nc1cccc(Cl)c1. The van der Waals surface area contributed by atoms with Crippen molar-refractivity contribution in [2.24, 2.45) is 11.8 Å². The van der Waals surface area contributed by atoms with Crippen molar-refractivity contribution in [3.8, 4) is 0 Å². The van der Waals surface area contributed by atoms with Gasteiger partial charge in [0.1, 0.15) is 5.00 Å². The predicted octanol–water partition coefficient (Wildman–Crippen LogP) is 5.35. The molecule has 0 unspecified atom stereocenters. The summed E-state index contributed by atoms with van der Waals surface area (Å²) >= 11 is 7.35. The number of benzene rings is 1. The zero-order valence-electron chi connectivity index (χ0n) is 17.0. The molecule has 1 aliphatic rings. The minimum Gasteiger partial charge on any atom is -0.481 e. The Kier molecular flexibility index (Phi) is 7.15. The third-order valence-electron chi connectivity index (χ3n) is 5.53. The molecule has 0 saturated heterocycles. The molecule has 0 spiro atoms. The van der Waals surface area contributed by atoms with E-state index >= 15 is 0 Å². The van der Waals surface area contributed by atoms with Crippen LogP contribution >= 0.6 is 22.9 Å². The zero-order valence-corrected chi connectivity index (χ0v) is 18.5. The van der Waals surface area contributed by atoms with Crippen LogP contribution in [0.5, 0.6) is 0 Å². The molecule has 3 rings (SSSR count). The second-order valence-corrected chi connectivity index (χ2v) is 9.15. The topological polar surface area (TPSA) is 95.5 Å². The van der Waals surface area contributed by atoms with Crippen LogP contribution in [-0.2, 0) is 16.0 Å². The number of thiophene rings is 1. The van der Waals surface area contributed by atoms with Crippen molar-refractivity contribution in [1.82, 2.24) is 0 Å². The molecule has 30 heavy (non-hydrogen) atoms. The van der Waals surface area contributed by atoms with E-state index in [-0.39, 0.29) is 11.8 Å². The van der Waals surface area contributed by atoms with E-state index in [1.165, 1.54) is 11.3 Å². The van der Waals surface area contributed by atoms with Crippen molar-refractivity contribution in [3.05, 3.63) is 45.3 Å². The average molecular weight is 449 g/mol. The summed E-state index contributed by atoms with van der Waals surface area (Å²) < 4.78 is 0. The van der Waals surface area contributed by atoms with E-state index in [0.717, 1.165) is 23.3 Å². The summed E-state index contributed by atoms with van der Waals surface area (Å²) in [6, 6.07) is 6.86. The predicted molar refractivity (Wildman–Crippen MR) is 120 cm³/mol. The number of carboxylic acids is 1. The lowest BCUT2D eigenvalue weighted by Gasteiger charge is -2.27. The molecular formula is C22H25ClN2O4S. The van der Waals surface area contributed by atoms with Gasteiger partial charge in [0.25, 0.3) is 5.91 Å². The van der Waals surface area contributed by atoms with Gasteiger partial charge in [-0.15, -0.1) is 11.3 Å². The molecule has 160 valence electrons. The molecule has 3 N–H and O–H groups in total. The number of hydrogen-bond acceptors (Lipinski definition) is 4. The highest BCUT2D eigenvalue weighted by molar-refractivity contribution is 7.16. The number of nitrogens with one attached hydrogen (secondary N) is 2. The first kappa shape index (κ1) is 22.3. The molecule has 0 aliphatic heterocycles. The Morgan fingerprint density at radius 1 is 1.17 bits per heavy atom. The molecule has 0 radical (unpaired) electrons. The fraction of sp³-hybridized carbons (Fsp3) is 0.409. The highest BCUT2D eigenvalue weighted by atomic mass is 35.5. The minimum atomic E-state index is -0.939. The Bertz CT molecular complexity index is 972. The van der Waals surface area contributed by atoms with Crippen LogP contribution in [0, 0.1) is 18.8 Å². The number of hydrogen-bond donors (Lipinski definition) is 3. The maximum atomic E-state index is 13.1. The van der Waals surface area contributed by atoms with Crippen LogP contribution in [0.3, 0.4) is 0 Å². The lowest BCUT2D eigenvalue weighted by atomic mass is 9.79. The molecule has 0 bridgehead atoms. The maximum Gasteiger partial charge on any atom is 0.307 e. The van der Waals surface area contributed by atoms with E-state index in [9.17, 15) is 19.5 Å². The Morgan fingerprint density at radius 2 is 1.87 bits per heavy atom. The van der Waals surface area contributed by atoms with E-state index in [1.807, 2.05) is 13.8 Å². The molecule has 1 aromatic carbocycles. The quantitative estimate of drug-likeness (QED) is 0.554. The first-order valence-electron chi connectivity index (χ1n) is 10.0. The number of carbonyl (C=O) groups is 3. The molecule has 2 aromatic rings. The van der Waals surface area contributed by atoms with Crippen molar-refractivity contribution in [2.75, 3.05) is 10.6 Å². The Hall–Kier alpha value is -2.38. The lowest BCUT2D eigenvalue weighted by Crippen LogP contribution is -2.36. The van der Waals surface area contributed by atoms with Crippen LogP contribution in [0.1, 0.15) is 53.4 Å². The second kappa shape index (κ2) is 9.62. The summed E-state index contributed by atoms with van der Waals surface area (Å²) in [6.45, 7) is 3.87. The van der Waals surface area contributed by atoms with Crippen molar-refractivity contribution in [1.29, 1.82) is 0 Å². The van der Waals surface area contributed by atoms with Gasteiger partial charge in [0.15, 0.2) is 0 Å². The summed E-state index contributed by atoms with van der Waals surface area (Å²) in [5, 5.41) is 16.2. The van der Waals surface area contributed by atoms with E-state index < -0.39 is 17.8 Å². The van der Waals surface area contributed by atoms with Crippen LogP contribution in [0.15, 0.2) is 24.3 Å². The molecule has 1 saturated carbocycles. The number of anilines is 2. The molecule has 1 aliphatic carbocycles. The normalized spacial score (nSPS) is 18.6. The van der Waals surface area contributed by atoms with Gasteiger partial charge in [-0.2, -0.15) is 0 Å². The first-order chi connectivity index (χ1) is 14.3. The summed E-state index contributed by atoms with van der Waals surface area (Å²) in [5.41, 5.74) is 1.86. The fourth-order valence-corrected chi connectivity index (χ4v) is 5.37. The Labute approximate surface area is 184 Å². The van der Waals surface area contributed by atoms with Crippen molar-refractivity contribution < 1.29 is 19.5 Å². The number of carboxylic acid groups (broad SMARTS) is 1. The summed E-state index contributed by atoms with van der Waals surface area (Å²) in [5.74, 6) is -2.87. The first-order valence-corrected chi connectivity index (χ1v) is 11.2. The molecule has 6 nitrogen and oxygen atoms in total. The van der Waals surface area contributed by atoms with Gasteiger partial charge in [0.05, 0.1) is 17.4 Å². The molecular weight excluding hydrogens is 424 g/mol. The molecule has 2 amide bonds. The van der Waals surface area contributed by atoms with Crippen molar-refractivity contribution >= 4 is 51.4 Å². The van der Waals surface area contributed by atoms with Crippen LogP contribution in [0.4, 0.5) is 10.7 Å². The lowest BCUT2D eigenvalue weighted by molar-refractivity contribution is -0.147. The number of aliphatic carboxylic acids is 1. The second-order valence-electron chi connectivity index (χ2n) is 7.48. The monoisotopic (exact) mass is 448 g/mol. The van der Waals surface area contributed by atoms with Gasteiger partial charge in [-0.3, -0.25) is 14.4 Å². The van der Waals surface area contributed by atoms with Gasteiger partial charge in [-0.05, 0) is 49.9 Å². The Balaban J connectivity index is 1.87. The van der Waals surface area contributed by atoms with E-state index in [1.54, 1.807) is 24.3 Å². The highest BCUT2D eigenvalue weighted by Gasteiger charge is 2.36. The minimum absolute atomic E-state index is 0.327. The van der Waals surface area contributed by atoms with Crippen molar-refractivity contribution in [3.63, 3.8) is 0 Å². The van der Waals surface area contributed by atoms with Gasteiger partial charge in [0, 0.05) is 15.6 Å². The molecule has 1 fully saturated rings. The van der Waals surface area contributed by atoms with Gasteiger partial charge in [0.2, 0.25) is 5.91 Å². The van der Waals surface area contributed by atoms with Gasteiger partial charge in [-0.1, -0.05) is 37.4 Å². The molecule has 2 atom stereocenters. The van der Waals surface area contributed by atoms with Crippen LogP contribution in [0.2, 0.25) is 5.02 Å². The standard InChI is InChI=1S/C22H25ClN2O4S/c1-3-15-12(2)30-21(18(15)20(27)24-14-8-6-7-13(23)11-14)25-19(26)16-9-4-5-10-17(16)22(28)29/h6-8,11,16-17H,3-5,9-10H2,1-2H3,(H,24,27)(H,25,26)(H,28,29)/t16-,17+/m0/s1. The highest BCUT2D eigenvalue weighted by Crippen LogP contribution is 2.36. The third kappa shape index (κ3) is 4.84. The van der Waals surface area contributed by atoms with Crippen LogP contribution in [-0.4, -0.2) is 22.9 Å². The van der Waals surface area contributed by atoms with Crippen LogP contribution in [0.25, 0.3) is 0 Å². The number of halogens is 1. The van der Waals surface area contributed by atoms with E-state index in [0.29, 0.717) is 40.5 Å². The van der Waals surface area contributed by atoms with Crippen molar-refractivity contribution in [2.45, 2.75) is 46.0 Å². The summed E-state index contributed by atoms with van der Waals surface area (Å²) in [4.78, 5) is 38.6. The van der Waals surface area contributed by atoms with Gasteiger partial charge in [-0.25, -0.2) is 0 Å². The molecule has 8 heteroatoms. The largest absolute Gasteiger partial charge is 0.481 e. The van der Waals surface area contributed by atoms with Gasteiger partial charge >= 0.3 is 5.97 Å². The average Bonchev–Trinajstić information content (AvgIpc) is 3.02. The maximum absolute atomic E-state index is 13.1. The van der Waals surface area contributed by atoms with E-state index in [2.05, 4.69) is 10.6 Å². The number of amides is 2. The van der Waals surface area contributed by atoms with Gasteiger partial charge < -0.3 is 15.7 Å². The number of aryl methyl sites for hydroxylation is 1. The number of rotatable bonds is 6. The third-order valence-corrected chi connectivity index (χ3v) is 6.83. The van der Waals surface area contributed by atoms with E-state index in [4.69, 9.17) is 11.6 Å². The molecule has 1 aromatic heterocycles. The summed E-state index contributed by atoms with van der Waals surface area (Å²) in [6.07, 6.45) is 3.31. The van der Waals surface area contributed by atoms with Crippen LogP contribution < -0.4 is 10.6 Å². The summed E-state index contributed by atoms with van der Waals surface area (Å²) in [7, 11) is 0. The smallest absolute Gasteiger partial charge is 0.307 e.